The Balaban J connectivity index is 1.38. The van der Waals surface area contributed by atoms with Crippen molar-refractivity contribution in [3.63, 3.8) is 0 Å². The van der Waals surface area contributed by atoms with Crippen LogP contribution in [0.2, 0.25) is 18.1 Å². The van der Waals surface area contributed by atoms with Crippen LogP contribution >= 0.6 is 0 Å². The largest absolute Gasteiger partial charge is 0.414 e. The number of hydrogen-bond acceptors (Lipinski definition) is 4. The van der Waals surface area contributed by atoms with E-state index >= 15 is 0 Å². The maximum Gasteiger partial charge on any atom is 0.192 e. The SMILES string of the molecule is CC(C)(C)[Si](C)(C)OC1CCC(C(=O)CC2c3ncccc3-c3cncn32)CC1. The first-order valence-corrected chi connectivity index (χ1v) is 13.8. The van der Waals surface area contributed by atoms with Gasteiger partial charge in [-0.25, -0.2) is 4.98 Å². The lowest BCUT2D eigenvalue weighted by atomic mass is 9.82. The van der Waals surface area contributed by atoms with Crippen molar-refractivity contribution in [2.75, 3.05) is 0 Å². The number of pyridine rings is 1. The van der Waals surface area contributed by atoms with Crippen molar-refractivity contribution in [2.45, 2.75) is 83.2 Å². The molecule has 6 heteroatoms. The predicted molar refractivity (Wildman–Crippen MR) is 117 cm³/mol. The molecular weight excluding hydrogens is 378 g/mol. The molecule has 1 aliphatic heterocycles. The van der Waals surface area contributed by atoms with E-state index in [1.807, 2.05) is 24.8 Å². The fraction of sp³-hybridized carbons (Fsp3) is 0.609. The molecule has 0 saturated heterocycles. The third kappa shape index (κ3) is 3.84. The van der Waals surface area contributed by atoms with Crippen molar-refractivity contribution >= 4 is 14.1 Å². The quantitative estimate of drug-likeness (QED) is 0.619. The van der Waals surface area contributed by atoms with Crippen LogP contribution in [-0.4, -0.2) is 34.7 Å². The molecule has 1 saturated carbocycles. The van der Waals surface area contributed by atoms with Crippen LogP contribution < -0.4 is 0 Å². The van der Waals surface area contributed by atoms with E-state index in [-0.39, 0.29) is 17.0 Å². The third-order valence-corrected chi connectivity index (χ3v) is 11.8. The van der Waals surface area contributed by atoms with Crippen LogP contribution in [0.4, 0.5) is 0 Å². The first-order chi connectivity index (χ1) is 13.7. The Labute approximate surface area is 175 Å². The third-order valence-electron chi connectivity index (χ3n) is 7.22. The molecule has 2 aliphatic rings. The maximum absolute atomic E-state index is 13.2. The lowest BCUT2D eigenvalue weighted by Crippen LogP contribution is -2.45. The maximum atomic E-state index is 13.2. The zero-order chi connectivity index (χ0) is 20.8. The highest BCUT2D eigenvalue weighted by molar-refractivity contribution is 6.74. The van der Waals surface area contributed by atoms with E-state index in [2.05, 4.69) is 54.5 Å². The van der Waals surface area contributed by atoms with Crippen LogP contribution in [0.1, 0.15) is 64.6 Å². The number of imidazole rings is 1. The average Bonchev–Trinajstić information content (AvgIpc) is 3.24. The number of carbonyl (C=O) groups excluding carboxylic acids is 1. The molecule has 1 aliphatic carbocycles. The van der Waals surface area contributed by atoms with Crippen LogP contribution in [0.3, 0.4) is 0 Å². The van der Waals surface area contributed by atoms with Gasteiger partial charge in [-0.3, -0.25) is 9.78 Å². The van der Waals surface area contributed by atoms with Crippen LogP contribution in [-0.2, 0) is 9.22 Å². The minimum Gasteiger partial charge on any atom is -0.414 e. The van der Waals surface area contributed by atoms with Gasteiger partial charge in [-0.2, -0.15) is 0 Å². The van der Waals surface area contributed by atoms with E-state index in [1.165, 1.54) is 0 Å². The second-order valence-corrected chi connectivity index (χ2v) is 14.9. The monoisotopic (exact) mass is 411 g/mol. The summed E-state index contributed by atoms with van der Waals surface area (Å²) in [6, 6.07) is 4.01. The zero-order valence-electron chi connectivity index (χ0n) is 18.3. The summed E-state index contributed by atoms with van der Waals surface area (Å²) in [6.07, 6.45) is 10.2. The summed E-state index contributed by atoms with van der Waals surface area (Å²) in [5.41, 5.74) is 3.18. The predicted octanol–water partition coefficient (Wildman–Crippen LogP) is 5.39. The number of ketones is 1. The van der Waals surface area contributed by atoms with Gasteiger partial charge in [-0.1, -0.05) is 20.8 Å². The molecule has 2 aromatic heterocycles. The van der Waals surface area contributed by atoms with E-state index in [0.717, 1.165) is 42.6 Å². The lowest BCUT2D eigenvalue weighted by molar-refractivity contribution is -0.124. The van der Waals surface area contributed by atoms with Crippen molar-refractivity contribution in [3.05, 3.63) is 36.5 Å². The molecule has 0 amide bonds. The molecular formula is C23H33N3O2Si. The zero-order valence-corrected chi connectivity index (χ0v) is 19.3. The molecule has 3 heterocycles. The Morgan fingerprint density at radius 1 is 1.24 bits per heavy atom. The van der Waals surface area contributed by atoms with E-state index in [0.29, 0.717) is 18.3 Å². The number of hydrogen-bond donors (Lipinski definition) is 0. The van der Waals surface area contributed by atoms with E-state index < -0.39 is 8.32 Å². The number of carbonyl (C=O) groups is 1. The van der Waals surface area contributed by atoms with E-state index in [9.17, 15) is 4.79 Å². The van der Waals surface area contributed by atoms with Crippen molar-refractivity contribution in [1.82, 2.24) is 14.5 Å². The first kappa shape index (κ1) is 20.5. The molecule has 4 rings (SSSR count). The molecule has 2 aromatic rings. The molecule has 0 bridgehead atoms. The standard InChI is InChI=1S/C23H33N3O2Si/c1-23(2,3)29(4,5)28-17-10-8-16(9-11-17)21(27)13-19-22-18(7-6-12-25-22)20-14-24-15-26(19)20/h6-7,12,14-17,19H,8-11,13H2,1-5H3. The fourth-order valence-electron chi connectivity index (χ4n) is 4.44. The number of rotatable bonds is 5. The molecule has 0 spiro atoms. The number of Topliss-reactive ketones (excluding diaryl/α,β-unsaturated/α-hetero) is 1. The summed E-state index contributed by atoms with van der Waals surface area (Å²) < 4.78 is 8.71. The first-order valence-electron chi connectivity index (χ1n) is 10.8. The van der Waals surface area contributed by atoms with Gasteiger partial charge in [0, 0.05) is 30.2 Å². The summed E-state index contributed by atoms with van der Waals surface area (Å²) in [7, 11) is -1.75. The molecule has 156 valence electrons. The highest BCUT2D eigenvalue weighted by Crippen LogP contribution is 2.42. The Bertz CT molecular complexity index is 892. The molecule has 5 nitrogen and oxygen atoms in total. The number of fused-ring (bicyclic) bond motifs is 3. The molecule has 0 N–H and O–H groups in total. The van der Waals surface area contributed by atoms with Gasteiger partial charge < -0.3 is 8.99 Å². The summed E-state index contributed by atoms with van der Waals surface area (Å²) in [5, 5.41) is 0.227. The molecule has 1 fully saturated rings. The van der Waals surface area contributed by atoms with Gasteiger partial charge in [0.05, 0.1) is 30.0 Å². The van der Waals surface area contributed by atoms with Crippen molar-refractivity contribution in [2.24, 2.45) is 5.92 Å². The molecule has 29 heavy (non-hydrogen) atoms. The normalized spacial score (nSPS) is 24.2. The molecule has 0 aromatic carbocycles. The summed E-state index contributed by atoms with van der Waals surface area (Å²) in [5.74, 6) is 0.507. The fourth-order valence-corrected chi connectivity index (χ4v) is 5.86. The van der Waals surface area contributed by atoms with Crippen molar-refractivity contribution in [3.8, 4) is 11.3 Å². The van der Waals surface area contributed by atoms with Crippen LogP contribution in [0.15, 0.2) is 30.9 Å². The van der Waals surface area contributed by atoms with Gasteiger partial charge in [0.1, 0.15) is 5.78 Å². The Kier molecular flexibility index (Phi) is 5.28. The van der Waals surface area contributed by atoms with Gasteiger partial charge >= 0.3 is 0 Å². The highest BCUT2D eigenvalue weighted by atomic mass is 28.4. The van der Waals surface area contributed by atoms with Gasteiger partial charge in [0.2, 0.25) is 0 Å². The van der Waals surface area contributed by atoms with Crippen molar-refractivity contribution in [1.29, 1.82) is 0 Å². The lowest BCUT2D eigenvalue weighted by Gasteiger charge is -2.41. The van der Waals surface area contributed by atoms with Gasteiger partial charge in [-0.15, -0.1) is 0 Å². The molecule has 1 atom stereocenters. The Hall–Kier alpha value is -1.79. The summed E-state index contributed by atoms with van der Waals surface area (Å²) >= 11 is 0. The molecule has 0 radical (unpaired) electrons. The highest BCUT2D eigenvalue weighted by Gasteiger charge is 2.40. The Morgan fingerprint density at radius 2 is 1.97 bits per heavy atom. The van der Waals surface area contributed by atoms with Gasteiger partial charge in [0.25, 0.3) is 0 Å². The topological polar surface area (TPSA) is 57.0 Å². The van der Waals surface area contributed by atoms with Crippen LogP contribution in [0.5, 0.6) is 0 Å². The van der Waals surface area contributed by atoms with E-state index in [1.54, 1.807) is 0 Å². The smallest absolute Gasteiger partial charge is 0.192 e. The van der Waals surface area contributed by atoms with Gasteiger partial charge in [0.15, 0.2) is 8.32 Å². The average molecular weight is 412 g/mol. The second-order valence-electron chi connectivity index (χ2n) is 10.2. The molecule has 1 unspecified atom stereocenters. The number of nitrogens with zero attached hydrogens (tertiary/aromatic N) is 3. The Morgan fingerprint density at radius 3 is 2.66 bits per heavy atom. The summed E-state index contributed by atoms with van der Waals surface area (Å²) in [6.45, 7) is 11.5. The van der Waals surface area contributed by atoms with Gasteiger partial charge in [-0.05, 0) is 55.9 Å². The summed E-state index contributed by atoms with van der Waals surface area (Å²) in [4.78, 5) is 22.0. The van der Waals surface area contributed by atoms with Crippen LogP contribution in [0.25, 0.3) is 11.3 Å². The second kappa shape index (κ2) is 7.47. The van der Waals surface area contributed by atoms with E-state index in [4.69, 9.17) is 4.43 Å². The minimum absolute atomic E-state index is 0.0163. The minimum atomic E-state index is -1.75. The number of aromatic nitrogens is 3. The van der Waals surface area contributed by atoms with Crippen LogP contribution in [0, 0.1) is 5.92 Å². The van der Waals surface area contributed by atoms with Crippen molar-refractivity contribution < 1.29 is 9.22 Å².